The number of nitrogens with zero attached hydrogens (tertiary/aromatic N) is 1. The van der Waals surface area contributed by atoms with Crippen LogP contribution in [-0.2, 0) is 11.2 Å². The van der Waals surface area contributed by atoms with Crippen LogP contribution < -0.4 is 0 Å². The number of Topliss-reactive ketones (excluding diaryl/α,β-unsaturated/α-hetero) is 1. The molecule has 1 aromatic rings. The Labute approximate surface area is 125 Å². The van der Waals surface area contributed by atoms with Gasteiger partial charge in [-0.25, -0.2) is 8.78 Å². The lowest BCUT2D eigenvalue weighted by Gasteiger charge is -2.39. The maximum absolute atomic E-state index is 13.8. The topological polar surface area (TPSA) is 20.3 Å². The standard InChI is InChI=1S/C17H23F2NO/c1-3-17(4-2,20-9-5-6-10-20)16(21)11-13-7-8-14(18)12-15(13)19/h7-8,12H,3-6,9-11H2,1-2H3. The number of carbonyl (C=O) groups is 1. The Bertz CT molecular complexity index is 506. The van der Waals surface area contributed by atoms with Crippen LogP contribution in [0.3, 0.4) is 0 Å². The smallest absolute Gasteiger partial charge is 0.157 e. The Hall–Kier alpha value is -1.29. The summed E-state index contributed by atoms with van der Waals surface area (Å²) in [7, 11) is 0. The van der Waals surface area contributed by atoms with Crippen molar-refractivity contribution in [3.8, 4) is 0 Å². The number of likely N-dealkylation sites (tertiary alicyclic amines) is 1. The van der Waals surface area contributed by atoms with E-state index in [0.717, 1.165) is 44.8 Å². The van der Waals surface area contributed by atoms with Crippen molar-refractivity contribution in [2.24, 2.45) is 0 Å². The van der Waals surface area contributed by atoms with E-state index < -0.39 is 17.2 Å². The number of benzene rings is 1. The molecule has 0 amide bonds. The molecule has 1 aliphatic rings. The van der Waals surface area contributed by atoms with Gasteiger partial charge in [-0.3, -0.25) is 9.69 Å². The highest BCUT2D eigenvalue weighted by Crippen LogP contribution is 2.30. The third-order valence-corrected chi connectivity index (χ3v) is 4.77. The minimum absolute atomic E-state index is 0.0320. The largest absolute Gasteiger partial charge is 0.297 e. The van der Waals surface area contributed by atoms with E-state index in [1.807, 2.05) is 13.8 Å². The zero-order valence-corrected chi connectivity index (χ0v) is 12.8. The van der Waals surface area contributed by atoms with Gasteiger partial charge in [0.25, 0.3) is 0 Å². The fraction of sp³-hybridized carbons (Fsp3) is 0.588. The molecule has 0 bridgehead atoms. The van der Waals surface area contributed by atoms with Gasteiger partial charge in [-0.2, -0.15) is 0 Å². The summed E-state index contributed by atoms with van der Waals surface area (Å²) in [5.74, 6) is -1.20. The van der Waals surface area contributed by atoms with Gasteiger partial charge >= 0.3 is 0 Å². The zero-order valence-electron chi connectivity index (χ0n) is 12.8. The van der Waals surface area contributed by atoms with E-state index in [1.54, 1.807) is 0 Å². The molecule has 0 saturated carbocycles. The summed E-state index contributed by atoms with van der Waals surface area (Å²) in [4.78, 5) is 15.1. The highest BCUT2D eigenvalue weighted by Gasteiger charge is 2.41. The SMILES string of the molecule is CCC(CC)(C(=O)Cc1ccc(F)cc1F)N1CCCC1. The van der Waals surface area contributed by atoms with Crippen molar-refractivity contribution in [2.75, 3.05) is 13.1 Å². The van der Waals surface area contributed by atoms with Gasteiger partial charge in [-0.05, 0) is 50.4 Å². The van der Waals surface area contributed by atoms with E-state index in [2.05, 4.69) is 4.90 Å². The maximum Gasteiger partial charge on any atom is 0.157 e. The normalized spacial score (nSPS) is 16.4. The maximum atomic E-state index is 13.8. The predicted molar refractivity (Wildman–Crippen MR) is 79.2 cm³/mol. The molecule has 0 unspecified atom stereocenters. The summed E-state index contributed by atoms with van der Waals surface area (Å²) >= 11 is 0. The summed E-state index contributed by atoms with van der Waals surface area (Å²) in [6.45, 7) is 5.89. The zero-order chi connectivity index (χ0) is 15.5. The van der Waals surface area contributed by atoms with Gasteiger partial charge in [0.2, 0.25) is 0 Å². The molecule has 0 aliphatic carbocycles. The van der Waals surface area contributed by atoms with Gasteiger partial charge in [-0.1, -0.05) is 19.9 Å². The lowest BCUT2D eigenvalue weighted by molar-refractivity contribution is -0.130. The minimum atomic E-state index is -0.633. The molecule has 1 aromatic carbocycles. The Morgan fingerprint density at radius 3 is 2.33 bits per heavy atom. The summed E-state index contributed by atoms with van der Waals surface area (Å²) in [6, 6.07) is 3.43. The van der Waals surface area contributed by atoms with Crippen LogP contribution in [0.25, 0.3) is 0 Å². The van der Waals surface area contributed by atoms with Gasteiger partial charge < -0.3 is 0 Å². The molecule has 2 nitrogen and oxygen atoms in total. The molecule has 21 heavy (non-hydrogen) atoms. The molecular weight excluding hydrogens is 272 g/mol. The highest BCUT2D eigenvalue weighted by atomic mass is 19.1. The summed E-state index contributed by atoms with van der Waals surface area (Å²) in [5.41, 5.74) is -0.219. The minimum Gasteiger partial charge on any atom is -0.297 e. The molecule has 0 radical (unpaired) electrons. The summed E-state index contributed by atoms with van der Waals surface area (Å²) < 4.78 is 26.7. The lowest BCUT2D eigenvalue weighted by atomic mass is 9.83. The molecule has 4 heteroatoms. The molecule has 1 aliphatic heterocycles. The third kappa shape index (κ3) is 3.15. The Morgan fingerprint density at radius 2 is 1.81 bits per heavy atom. The van der Waals surface area contributed by atoms with Gasteiger partial charge in [0.1, 0.15) is 11.6 Å². The van der Waals surface area contributed by atoms with Crippen molar-refractivity contribution in [1.29, 1.82) is 0 Å². The van der Waals surface area contributed by atoms with E-state index >= 15 is 0 Å². The van der Waals surface area contributed by atoms with Crippen molar-refractivity contribution in [3.63, 3.8) is 0 Å². The van der Waals surface area contributed by atoms with Gasteiger partial charge in [0.05, 0.1) is 5.54 Å². The molecule has 1 saturated heterocycles. The average molecular weight is 295 g/mol. The Balaban J connectivity index is 2.22. The molecule has 2 rings (SSSR count). The first kappa shape index (κ1) is 16.1. The van der Waals surface area contributed by atoms with Crippen molar-refractivity contribution < 1.29 is 13.6 Å². The monoisotopic (exact) mass is 295 g/mol. The van der Waals surface area contributed by atoms with Gasteiger partial charge in [0, 0.05) is 12.5 Å². The molecule has 0 N–H and O–H groups in total. The number of carbonyl (C=O) groups excluding carboxylic acids is 1. The van der Waals surface area contributed by atoms with Crippen LogP contribution in [0.15, 0.2) is 18.2 Å². The van der Waals surface area contributed by atoms with Gasteiger partial charge in [-0.15, -0.1) is 0 Å². The first-order valence-electron chi connectivity index (χ1n) is 7.75. The lowest BCUT2D eigenvalue weighted by Crippen LogP contribution is -2.53. The van der Waals surface area contributed by atoms with Crippen molar-refractivity contribution in [1.82, 2.24) is 4.90 Å². The highest BCUT2D eigenvalue weighted by molar-refractivity contribution is 5.90. The molecule has 1 fully saturated rings. The predicted octanol–water partition coefficient (Wildman–Crippen LogP) is 3.73. The fourth-order valence-electron chi connectivity index (χ4n) is 3.42. The number of hydrogen-bond acceptors (Lipinski definition) is 2. The quantitative estimate of drug-likeness (QED) is 0.797. The molecule has 0 aromatic heterocycles. The van der Waals surface area contributed by atoms with E-state index in [9.17, 15) is 13.6 Å². The molecule has 0 spiro atoms. The average Bonchev–Trinajstić information content (AvgIpc) is 2.99. The van der Waals surface area contributed by atoms with E-state index in [-0.39, 0.29) is 17.8 Å². The van der Waals surface area contributed by atoms with Crippen LogP contribution in [0.5, 0.6) is 0 Å². The second-order valence-electron chi connectivity index (χ2n) is 5.77. The first-order chi connectivity index (χ1) is 10.0. The molecule has 1 heterocycles. The van der Waals surface area contributed by atoms with E-state index in [4.69, 9.17) is 0 Å². The number of halogens is 2. The second-order valence-corrected chi connectivity index (χ2v) is 5.77. The van der Waals surface area contributed by atoms with Crippen LogP contribution in [0.2, 0.25) is 0 Å². The van der Waals surface area contributed by atoms with Crippen molar-refractivity contribution in [2.45, 2.75) is 51.5 Å². The first-order valence-corrected chi connectivity index (χ1v) is 7.75. The molecule has 116 valence electrons. The van der Waals surface area contributed by atoms with Crippen molar-refractivity contribution in [3.05, 3.63) is 35.4 Å². The molecule has 0 atom stereocenters. The number of ketones is 1. The van der Waals surface area contributed by atoms with Crippen LogP contribution in [0.4, 0.5) is 8.78 Å². The third-order valence-electron chi connectivity index (χ3n) is 4.77. The summed E-state index contributed by atoms with van der Waals surface area (Å²) in [5, 5.41) is 0. The van der Waals surface area contributed by atoms with E-state index in [0.29, 0.717) is 0 Å². The number of hydrogen-bond donors (Lipinski definition) is 0. The Kier molecular flexibility index (Phi) is 5.09. The van der Waals surface area contributed by atoms with Crippen molar-refractivity contribution >= 4 is 5.78 Å². The van der Waals surface area contributed by atoms with E-state index in [1.165, 1.54) is 12.1 Å². The fourth-order valence-corrected chi connectivity index (χ4v) is 3.42. The van der Waals surface area contributed by atoms with Crippen LogP contribution >= 0.6 is 0 Å². The van der Waals surface area contributed by atoms with Crippen LogP contribution in [0.1, 0.15) is 45.1 Å². The molecular formula is C17H23F2NO. The number of rotatable bonds is 6. The summed E-state index contributed by atoms with van der Waals surface area (Å²) in [6.07, 6.45) is 3.71. The Morgan fingerprint density at radius 1 is 1.19 bits per heavy atom. The van der Waals surface area contributed by atoms with Gasteiger partial charge in [0.15, 0.2) is 5.78 Å². The second kappa shape index (κ2) is 6.65. The van der Waals surface area contributed by atoms with Crippen LogP contribution in [0, 0.1) is 11.6 Å². The van der Waals surface area contributed by atoms with Crippen LogP contribution in [-0.4, -0.2) is 29.3 Å².